The van der Waals surface area contributed by atoms with E-state index in [0.717, 1.165) is 18.9 Å². The second-order valence-corrected chi connectivity index (χ2v) is 21.3. The van der Waals surface area contributed by atoms with Crippen molar-refractivity contribution in [3.63, 3.8) is 0 Å². The molecule has 1 atom stereocenters. The molecule has 265 valence electrons. The summed E-state index contributed by atoms with van der Waals surface area (Å²) in [5.41, 5.74) is 0. The summed E-state index contributed by atoms with van der Waals surface area (Å²) in [4.78, 5) is 0. The van der Waals surface area contributed by atoms with Crippen LogP contribution in [0.4, 0.5) is 0 Å². The Bertz CT molecular complexity index is 596. The highest BCUT2D eigenvalue weighted by molar-refractivity contribution is 6.85. The maximum Gasteiger partial charge on any atom is 0.314 e. The standard InChI is InChI=1S/C29H65O12Si3/c1-7-28-43(4,5)41-44(6,40-42(2)3)29-8-10-31-12-14-33-16-18-35-20-22-37-24-26-39-27-25-38-23-21-36-19-17-34-15-13-32-11-9-30/h30H,7-29H2,1-6H3. The van der Waals surface area contributed by atoms with E-state index in [9.17, 15) is 0 Å². The lowest BCUT2D eigenvalue weighted by atomic mass is 10.5. The maximum atomic E-state index is 8.58. The minimum absolute atomic E-state index is 0.0284. The van der Waals surface area contributed by atoms with E-state index in [1.807, 2.05) is 0 Å². The Hall–Kier alpha value is 0.171. The van der Waals surface area contributed by atoms with Gasteiger partial charge < -0.3 is 56.0 Å². The van der Waals surface area contributed by atoms with E-state index in [1.165, 1.54) is 6.04 Å². The van der Waals surface area contributed by atoms with Gasteiger partial charge in [-0.15, -0.1) is 0 Å². The minimum atomic E-state index is -2.16. The van der Waals surface area contributed by atoms with Crippen LogP contribution in [0.2, 0.25) is 44.8 Å². The van der Waals surface area contributed by atoms with Crippen molar-refractivity contribution in [3.05, 3.63) is 0 Å². The zero-order chi connectivity index (χ0) is 32.6. The average molecular weight is 690 g/mol. The van der Waals surface area contributed by atoms with Gasteiger partial charge in [0.15, 0.2) is 17.4 Å². The van der Waals surface area contributed by atoms with Gasteiger partial charge in [0.1, 0.15) is 0 Å². The predicted octanol–water partition coefficient (Wildman–Crippen LogP) is 3.49. The van der Waals surface area contributed by atoms with Crippen molar-refractivity contribution in [2.24, 2.45) is 0 Å². The van der Waals surface area contributed by atoms with Gasteiger partial charge in [0.2, 0.25) is 0 Å². The van der Waals surface area contributed by atoms with E-state index in [4.69, 9.17) is 56.0 Å². The third-order valence-electron chi connectivity index (χ3n) is 5.90. The number of hydrogen-bond acceptors (Lipinski definition) is 12. The Labute approximate surface area is 271 Å². The summed E-state index contributed by atoms with van der Waals surface area (Å²) in [5, 5.41) is 8.58. The van der Waals surface area contributed by atoms with Crippen LogP contribution >= 0.6 is 0 Å². The molecule has 44 heavy (non-hydrogen) atoms. The summed E-state index contributed by atoms with van der Waals surface area (Å²) in [6.07, 6.45) is 2.12. The first-order valence-electron chi connectivity index (χ1n) is 16.2. The molecule has 0 aliphatic rings. The number of hydrogen-bond donors (Lipinski definition) is 1. The topological polar surface area (TPSA) is 122 Å². The fourth-order valence-electron chi connectivity index (χ4n) is 4.21. The first-order chi connectivity index (χ1) is 21.2. The molecule has 0 heterocycles. The molecule has 0 aromatic rings. The molecule has 0 aromatic carbocycles. The molecule has 0 amide bonds. The summed E-state index contributed by atoms with van der Waals surface area (Å²) in [6, 6.07) is 2.15. The molecule has 0 aromatic heterocycles. The highest BCUT2D eigenvalue weighted by atomic mass is 28.5. The fourth-order valence-corrected chi connectivity index (χ4v) is 16.1. The number of aliphatic hydroxyl groups is 1. The van der Waals surface area contributed by atoms with Crippen LogP contribution in [0.1, 0.15) is 19.8 Å². The zero-order valence-electron chi connectivity index (χ0n) is 28.7. The minimum Gasteiger partial charge on any atom is -0.436 e. The van der Waals surface area contributed by atoms with Crippen LogP contribution in [-0.2, 0) is 50.9 Å². The first-order valence-corrected chi connectivity index (χ1v) is 24.3. The van der Waals surface area contributed by atoms with Gasteiger partial charge in [-0.05, 0) is 51.2 Å². The van der Waals surface area contributed by atoms with Gasteiger partial charge in [-0.1, -0.05) is 13.3 Å². The van der Waals surface area contributed by atoms with Crippen molar-refractivity contribution in [1.82, 2.24) is 0 Å². The molecule has 0 spiro atoms. The van der Waals surface area contributed by atoms with E-state index in [2.05, 4.69) is 39.7 Å². The molecule has 1 unspecified atom stereocenters. The number of aliphatic hydroxyl groups excluding tert-OH is 1. The maximum absolute atomic E-state index is 8.58. The van der Waals surface area contributed by atoms with Crippen LogP contribution in [0.5, 0.6) is 0 Å². The average Bonchev–Trinajstić information content (AvgIpc) is 2.95. The second kappa shape index (κ2) is 31.8. The van der Waals surface area contributed by atoms with Gasteiger partial charge in [0.25, 0.3) is 0 Å². The van der Waals surface area contributed by atoms with Crippen molar-refractivity contribution >= 4 is 25.9 Å². The van der Waals surface area contributed by atoms with Crippen LogP contribution < -0.4 is 0 Å². The van der Waals surface area contributed by atoms with E-state index in [-0.39, 0.29) is 6.61 Å². The molecule has 1 radical (unpaired) electrons. The van der Waals surface area contributed by atoms with Crippen molar-refractivity contribution < 1.29 is 56.0 Å². The van der Waals surface area contributed by atoms with Crippen LogP contribution in [-0.4, -0.2) is 157 Å². The summed E-state index contributed by atoms with van der Waals surface area (Å²) < 4.78 is 62.3. The first kappa shape index (κ1) is 44.2. The van der Waals surface area contributed by atoms with Crippen molar-refractivity contribution in [1.29, 1.82) is 0 Å². The summed E-state index contributed by atoms with van der Waals surface area (Å²) in [5.74, 6) is 0. The lowest BCUT2D eigenvalue weighted by molar-refractivity contribution is -0.0255. The lowest BCUT2D eigenvalue weighted by Crippen LogP contribution is -2.50. The number of rotatable bonds is 36. The van der Waals surface area contributed by atoms with Gasteiger partial charge in [0.05, 0.1) is 119 Å². The molecule has 0 saturated heterocycles. The highest BCUT2D eigenvalue weighted by Gasteiger charge is 2.38. The molecule has 0 rings (SSSR count). The Kier molecular flexibility index (Phi) is 31.9. The number of ether oxygens (including phenoxy) is 9. The second-order valence-electron chi connectivity index (χ2n) is 11.1. The van der Waals surface area contributed by atoms with Crippen LogP contribution in [0, 0.1) is 0 Å². The molecule has 12 nitrogen and oxygen atoms in total. The van der Waals surface area contributed by atoms with Crippen molar-refractivity contribution in [2.75, 3.05) is 126 Å². The predicted molar refractivity (Wildman–Crippen MR) is 178 cm³/mol. The Balaban J connectivity index is 3.39. The van der Waals surface area contributed by atoms with Crippen molar-refractivity contribution in [2.45, 2.75) is 64.6 Å². The van der Waals surface area contributed by atoms with Gasteiger partial charge in [-0.2, -0.15) is 0 Å². The molecule has 0 bridgehead atoms. The third-order valence-corrected chi connectivity index (χ3v) is 16.2. The molecule has 0 aliphatic heterocycles. The van der Waals surface area contributed by atoms with E-state index < -0.39 is 25.9 Å². The third kappa shape index (κ3) is 32.1. The van der Waals surface area contributed by atoms with Crippen molar-refractivity contribution in [3.8, 4) is 0 Å². The van der Waals surface area contributed by atoms with Crippen LogP contribution in [0.3, 0.4) is 0 Å². The Morgan fingerprint density at radius 3 is 1.09 bits per heavy atom. The largest absolute Gasteiger partial charge is 0.436 e. The van der Waals surface area contributed by atoms with E-state index in [0.29, 0.717) is 119 Å². The molecular formula is C29H65O12Si3. The summed E-state index contributed by atoms with van der Waals surface area (Å²) >= 11 is 0. The molecule has 0 aliphatic carbocycles. The zero-order valence-corrected chi connectivity index (χ0v) is 31.7. The van der Waals surface area contributed by atoms with Gasteiger partial charge in [-0.25, -0.2) is 0 Å². The van der Waals surface area contributed by atoms with Crippen LogP contribution in [0.15, 0.2) is 0 Å². The Morgan fingerprint density at radius 1 is 0.477 bits per heavy atom. The van der Waals surface area contributed by atoms with Gasteiger partial charge >= 0.3 is 8.56 Å². The lowest BCUT2D eigenvalue weighted by Gasteiger charge is -2.37. The van der Waals surface area contributed by atoms with Gasteiger partial charge in [0, 0.05) is 6.61 Å². The fraction of sp³-hybridized carbons (Fsp3) is 1.00. The summed E-state index contributed by atoms with van der Waals surface area (Å²) in [7, 11) is -4.64. The Morgan fingerprint density at radius 2 is 0.795 bits per heavy atom. The van der Waals surface area contributed by atoms with Crippen LogP contribution in [0.25, 0.3) is 0 Å². The molecule has 0 saturated carbocycles. The summed E-state index contributed by atoms with van der Waals surface area (Å²) in [6.45, 7) is 22.8. The normalized spacial score (nSPS) is 13.6. The highest BCUT2D eigenvalue weighted by Crippen LogP contribution is 2.25. The molecule has 1 N–H and O–H groups in total. The smallest absolute Gasteiger partial charge is 0.314 e. The SMILES string of the molecule is CCC[Si](C)(C)O[Si](C)(CCCOCCOCCOCCOCCOCCOCCOCCOCCOCCO)O[Si](C)C. The van der Waals surface area contributed by atoms with Gasteiger partial charge in [-0.3, -0.25) is 0 Å². The molecule has 15 heteroatoms. The molecule has 0 fully saturated rings. The van der Waals surface area contributed by atoms with E-state index in [1.54, 1.807) is 0 Å². The monoisotopic (exact) mass is 689 g/mol. The quantitative estimate of drug-likeness (QED) is 0.0766. The van der Waals surface area contributed by atoms with E-state index >= 15 is 0 Å². The molecular weight excluding hydrogens is 625 g/mol.